The highest BCUT2D eigenvalue weighted by molar-refractivity contribution is 6.22. The summed E-state index contributed by atoms with van der Waals surface area (Å²) in [6.07, 6.45) is 0. The van der Waals surface area contributed by atoms with E-state index in [9.17, 15) is 0 Å². The van der Waals surface area contributed by atoms with Crippen molar-refractivity contribution in [2.45, 2.75) is 0 Å². The summed E-state index contributed by atoms with van der Waals surface area (Å²) in [5.74, 6) is 0. The minimum absolute atomic E-state index is 1.16. The normalized spacial score (nSPS) is 11.8. The maximum atomic E-state index is 3.67. The van der Waals surface area contributed by atoms with Crippen molar-refractivity contribution in [3.8, 4) is 44.5 Å². The van der Waals surface area contributed by atoms with Gasteiger partial charge in [-0.2, -0.15) is 0 Å². The Morgan fingerprint density at radius 1 is 0.245 bits per heavy atom. The molecule has 11 aromatic rings. The van der Waals surface area contributed by atoms with Crippen molar-refractivity contribution in [1.29, 1.82) is 0 Å². The number of nitrogens with one attached hydrogen (secondary N) is 1. The molecule has 1 aromatic heterocycles. The monoisotopic (exact) mass is 671 g/mol. The third kappa shape index (κ3) is 4.79. The van der Waals surface area contributed by atoms with E-state index >= 15 is 0 Å². The van der Waals surface area contributed by atoms with Crippen molar-refractivity contribution < 1.29 is 0 Å². The number of hydrogen-bond acceptors (Lipinski definition) is 0. The molecule has 0 spiro atoms. The highest BCUT2D eigenvalue weighted by Crippen LogP contribution is 2.45. The molecule has 0 radical (unpaired) electrons. The van der Waals surface area contributed by atoms with Gasteiger partial charge in [0, 0.05) is 21.8 Å². The lowest BCUT2D eigenvalue weighted by Gasteiger charge is -2.19. The van der Waals surface area contributed by atoms with Gasteiger partial charge in [0.25, 0.3) is 0 Å². The second-order valence-electron chi connectivity index (χ2n) is 14.2. The maximum absolute atomic E-state index is 3.67. The van der Waals surface area contributed by atoms with Crippen molar-refractivity contribution in [2.24, 2.45) is 0 Å². The van der Waals surface area contributed by atoms with Crippen molar-refractivity contribution in [1.82, 2.24) is 4.98 Å². The topological polar surface area (TPSA) is 15.8 Å². The van der Waals surface area contributed by atoms with E-state index in [4.69, 9.17) is 0 Å². The van der Waals surface area contributed by atoms with Crippen LogP contribution in [0.5, 0.6) is 0 Å². The van der Waals surface area contributed by atoms with Crippen molar-refractivity contribution in [3.63, 3.8) is 0 Å². The number of hydrogen-bond donors (Lipinski definition) is 1. The Balaban J connectivity index is 1.09. The van der Waals surface area contributed by atoms with Crippen LogP contribution in [0.25, 0.3) is 109 Å². The van der Waals surface area contributed by atoms with E-state index in [1.54, 1.807) is 0 Å². The van der Waals surface area contributed by atoms with E-state index in [0.717, 1.165) is 5.52 Å². The Morgan fingerprint density at radius 2 is 0.717 bits per heavy atom. The molecule has 0 amide bonds. The van der Waals surface area contributed by atoms with Gasteiger partial charge in [0.15, 0.2) is 0 Å². The average Bonchev–Trinajstić information content (AvgIpc) is 3.58. The molecule has 53 heavy (non-hydrogen) atoms. The van der Waals surface area contributed by atoms with Crippen LogP contribution >= 0.6 is 0 Å². The number of fused-ring (bicyclic) bond motifs is 7. The summed E-state index contributed by atoms with van der Waals surface area (Å²) in [6.45, 7) is 0. The summed E-state index contributed by atoms with van der Waals surface area (Å²) < 4.78 is 0. The second kappa shape index (κ2) is 11.8. The predicted octanol–water partition coefficient (Wildman–Crippen LogP) is 14.6. The predicted molar refractivity (Wildman–Crippen MR) is 228 cm³/mol. The van der Waals surface area contributed by atoms with E-state index in [0.29, 0.717) is 0 Å². The molecular weight excluding hydrogens is 639 g/mol. The fourth-order valence-electron chi connectivity index (χ4n) is 8.69. The molecule has 0 aliphatic heterocycles. The highest BCUT2D eigenvalue weighted by atomic mass is 14.7. The zero-order chi connectivity index (χ0) is 34.9. The lowest BCUT2D eigenvalue weighted by Crippen LogP contribution is -1.91. The van der Waals surface area contributed by atoms with Gasteiger partial charge in [-0.25, -0.2) is 0 Å². The Labute approximate surface area is 307 Å². The highest BCUT2D eigenvalue weighted by Gasteiger charge is 2.18. The molecule has 1 N–H and O–H groups in total. The zero-order valence-electron chi connectivity index (χ0n) is 29.0. The molecule has 246 valence electrons. The van der Waals surface area contributed by atoms with Crippen LogP contribution in [-0.4, -0.2) is 4.98 Å². The fraction of sp³-hybridized carbons (Fsp3) is 0. The quantitative estimate of drug-likeness (QED) is 0.179. The van der Waals surface area contributed by atoms with Gasteiger partial charge in [-0.15, -0.1) is 0 Å². The summed E-state index contributed by atoms with van der Waals surface area (Å²) >= 11 is 0. The SMILES string of the molecule is c1cc(-c2ccc3[nH]c4cc5ccccc5cc4c3c2)cc(-c2c3ccccc3c(-c3cccc(-c4cccc5ccccc45)c3)c3ccccc23)c1. The Morgan fingerprint density at radius 3 is 1.40 bits per heavy atom. The van der Waals surface area contributed by atoms with Gasteiger partial charge >= 0.3 is 0 Å². The molecule has 0 saturated carbocycles. The molecule has 10 aromatic carbocycles. The molecule has 0 unspecified atom stereocenters. The summed E-state index contributed by atoms with van der Waals surface area (Å²) in [6, 6.07) is 71.4. The van der Waals surface area contributed by atoms with E-state index < -0.39 is 0 Å². The van der Waals surface area contributed by atoms with Crippen molar-refractivity contribution >= 4 is 64.9 Å². The van der Waals surface area contributed by atoms with E-state index in [2.05, 4.69) is 199 Å². The van der Waals surface area contributed by atoms with Crippen LogP contribution in [0, 0.1) is 0 Å². The summed E-state index contributed by atoms with van der Waals surface area (Å²) in [7, 11) is 0. The Hall–Kier alpha value is -6.96. The van der Waals surface area contributed by atoms with Crippen LogP contribution in [0.3, 0.4) is 0 Å². The summed E-state index contributed by atoms with van der Waals surface area (Å²) in [4.78, 5) is 3.67. The molecule has 0 aliphatic carbocycles. The van der Waals surface area contributed by atoms with Gasteiger partial charge in [-0.1, -0.05) is 158 Å². The van der Waals surface area contributed by atoms with Crippen molar-refractivity contribution in [3.05, 3.63) is 194 Å². The molecule has 0 bridgehead atoms. The number of benzene rings is 10. The average molecular weight is 672 g/mol. The fourth-order valence-corrected chi connectivity index (χ4v) is 8.69. The van der Waals surface area contributed by atoms with E-state index in [1.807, 2.05) is 0 Å². The molecule has 0 atom stereocenters. The first kappa shape index (κ1) is 29.7. The lowest BCUT2D eigenvalue weighted by molar-refractivity contribution is 1.55. The standard InChI is InChI=1S/C52H33N/c1-2-14-36-32-50-48(30-35(36)13-1)47-31-37(26-27-49(47)53-50)34-16-9-18-39(28-34)51-43-21-5-7-23-45(43)52(46-24-8-6-22-44(46)51)40-19-10-17-38(29-40)42-25-11-15-33-12-3-4-20-41(33)42/h1-32,53H. The lowest BCUT2D eigenvalue weighted by atomic mass is 9.84. The first-order chi connectivity index (χ1) is 26.3. The smallest absolute Gasteiger partial charge is 0.0471 e. The van der Waals surface area contributed by atoms with Crippen LogP contribution in [0.2, 0.25) is 0 Å². The minimum atomic E-state index is 1.16. The first-order valence-electron chi connectivity index (χ1n) is 18.3. The largest absolute Gasteiger partial charge is 0.354 e. The molecule has 0 fully saturated rings. The molecule has 0 aliphatic rings. The first-order valence-corrected chi connectivity index (χ1v) is 18.3. The number of aromatic nitrogens is 1. The maximum Gasteiger partial charge on any atom is 0.0471 e. The van der Waals surface area contributed by atoms with Crippen LogP contribution < -0.4 is 0 Å². The molecule has 11 rings (SSSR count). The second-order valence-corrected chi connectivity index (χ2v) is 14.2. The van der Waals surface area contributed by atoms with Gasteiger partial charge in [0.2, 0.25) is 0 Å². The molecule has 1 heteroatoms. The van der Waals surface area contributed by atoms with Gasteiger partial charge in [0.1, 0.15) is 0 Å². The zero-order valence-corrected chi connectivity index (χ0v) is 29.0. The van der Waals surface area contributed by atoms with Gasteiger partial charge in [-0.3, -0.25) is 0 Å². The minimum Gasteiger partial charge on any atom is -0.354 e. The Bertz CT molecular complexity index is 3170. The third-order valence-corrected chi connectivity index (χ3v) is 11.1. The summed E-state index contributed by atoms with van der Waals surface area (Å²) in [5, 5.41) is 12.6. The van der Waals surface area contributed by atoms with Crippen molar-refractivity contribution in [2.75, 3.05) is 0 Å². The van der Waals surface area contributed by atoms with Gasteiger partial charge in [0.05, 0.1) is 0 Å². The number of H-pyrrole nitrogens is 1. The Kier molecular flexibility index (Phi) is 6.62. The molecule has 1 nitrogen and oxygen atoms in total. The van der Waals surface area contributed by atoms with Gasteiger partial charge in [-0.05, 0) is 124 Å². The molecule has 0 saturated heterocycles. The number of aromatic amines is 1. The molecule has 1 heterocycles. The van der Waals surface area contributed by atoms with Crippen LogP contribution in [0.1, 0.15) is 0 Å². The number of rotatable bonds is 4. The van der Waals surface area contributed by atoms with Crippen LogP contribution in [0.4, 0.5) is 0 Å². The van der Waals surface area contributed by atoms with Crippen LogP contribution in [-0.2, 0) is 0 Å². The summed E-state index contributed by atoms with van der Waals surface area (Å²) in [5.41, 5.74) is 12.2. The van der Waals surface area contributed by atoms with Gasteiger partial charge < -0.3 is 4.98 Å². The van der Waals surface area contributed by atoms with E-state index in [1.165, 1.54) is 104 Å². The van der Waals surface area contributed by atoms with E-state index in [-0.39, 0.29) is 0 Å². The third-order valence-electron chi connectivity index (χ3n) is 11.1. The molecular formula is C52H33N. The van der Waals surface area contributed by atoms with Crippen LogP contribution in [0.15, 0.2) is 194 Å².